The Morgan fingerprint density at radius 3 is 2.76 bits per heavy atom. The summed E-state index contributed by atoms with van der Waals surface area (Å²) in [5, 5.41) is 9.43. The lowest BCUT2D eigenvalue weighted by Gasteiger charge is -2.43. The minimum Gasteiger partial charge on any atom is -0.387 e. The molecule has 2 rings (SSSR count). The molecule has 1 aromatic heterocycles. The van der Waals surface area contributed by atoms with E-state index in [-0.39, 0.29) is 5.54 Å². The van der Waals surface area contributed by atoms with Gasteiger partial charge in [-0.1, -0.05) is 0 Å². The lowest BCUT2D eigenvalue weighted by molar-refractivity contribution is 0.0643. The summed E-state index contributed by atoms with van der Waals surface area (Å²) in [6.07, 6.45) is 1.32. The quantitative estimate of drug-likeness (QED) is 0.849. The van der Waals surface area contributed by atoms with Crippen molar-refractivity contribution in [3.8, 4) is 0 Å². The van der Waals surface area contributed by atoms with E-state index in [0.29, 0.717) is 5.69 Å². The summed E-state index contributed by atoms with van der Waals surface area (Å²) in [5.41, 5.74) is 1.79. The van der Waals surface area contributed by atoms with Gasteiger partial charge in [0.1, 0.15) is 0 Å². The van der Waals surface area contributed by atoms with Crippen LogP contribution in [0.2, 0.25) is 0 Å². The van der Waals surface area contributed by atoms with Gasteiger partial charge in [-0.05, 0) is 32.9 Å². The second kappa shape index (κ2) is 4.63. The predicted octanol–water partition coefficient (Wildman–Crippen LogP) is 1.75. The van der Waals surface area contributed by atoms with Gasteiger partial charge in [-0.2, -0.15) is 0 Å². The number of hydrogen-bond acceptors (Lipinski definition) is 4. The molecule has 2 heterocycles. The van der Waals surface area contributed by atoms with Crippen LogP contribution >= 0.6 is 0 Å². The van der Waals surface area contributed by atoms with Gasteiger partial charge in [0.15, 0.2) is 0 Å². The number of ether oxygens (including phenoxy) is 1. The first-order chi connectivity index (χ1) is 8.00. The van der Waals surface area contributed by atoms with Crippen molar-refractivity contribution in [1.29, 1.82) is 0 Å². The minimum atomic E-state index is -0.512. The number of pyridine rings is 1. The van der Waals surface area contributed by atoms with Gasteiger partial charge in [-0.15, -0.1) is 0 Å². The first-order valence-corrected chi connectivity index (χ1v) is 6.00. The van der Waals surface area contributed by atoms with E-state index in [1.54, 1.807) is 6.92 Å². The van der Waals surface area contributed by atoms with E-state index < -0.39 is 6.10 Å². The third kappa shape index (κ3) is 2.58. The molecule has 17 heavy (non-hydrogen) atoms. The van der Waals surface area contributed by atoms with Crippen LogP contribution in [-0.4, -0.2) is 35.4 Å². The van der Waals surface area contributed by atoms with E-state index in [2.05, 4.69) is 23.7 Å². The number of nitrogens with zero attached hydrogens (tertiary/aromatic N) is 2. The largest absolute Gasteiger partial charge is 0.387 e. The Kier molecular flexibility index (Phi) is 3.35. The van der Waals surface area contributed by atoms with Crippen LogP contribution in [0.3, 0.4) is 0 Å². The molecule has 0 saturated carbocycles. The number of aliphatic hydroxyl groups is 1. The summed E-state index contributed by atoms with van der Waals surface area (Å²) in [4.78, 5) is 6.59. The monoisotopic (exact) mass is 236 g/mol. The van der Waals surface area contributed by atoms with Gasteiger partial charge >= 0.3 is 0 Å². The molecule has 1 N–H and O–H groups in total. The second-order valence-corrected chi connectivity index (χ2v) is 5.13. The zero-order chi connectivity index (χ0) is 12.5. The Balaban J connectivity index is 2.21. The van der Waals surface area contributed by atoms with Crippen molar-refractivity contribution in [2.75, 3.05) is 24.7 Å². The molecular formula is C13H20N2O2. The second-order valence-electron chi connectivity index (χ2n) is 5.13. The molecule has 0 unspecified atom stereocenters. The molecule has 1 atom stereocenters. The summed E-state index contributed by atoms with van der Waals surface area (Å²) >= 11 is 0. The van der Waals surface area contributed by atoms with Gasteiger partial charge in [-0.25, -0.2) is 0 Å². The molecule has 0 aromatic carbocycles. The molecule has 1 aliphatic heterocycles. The minimum absolute atomic E-state index is 0.00766. The summed E-state index contributed by atoms with van der Waals surface area (Å²) in [7, 11) is 0. The van der Waals surface area contributed by atoms with Gasteiger partial charge in [-0.3, -0.25) is 4.98 Å². The molecular weight excluding hydrogens is 216 g/mol. The molecule has 0 spiro atoms. The normalized spacial score (nSPS) is 21.3. The molecule has 0 amide bonds. The molecule has 4 heteroatoms. The standard InChI is InChI=1S/C13H20N2O2/c1-10(16)12-5-4-11(8-14-12)15-6-7-17-9-13(15,2)3/h4-5,8,10,16H,6-7,9H2,1-3H3/t10-/m1/s1. The maximum atomic E-state index is 9.43. The van der Waals surface area contributed by atoms with Crippen molar-refractivity contribution in [3.63, 3.8) is 0 Å². The fraction of sp³-hybridized carbons (Fsp3) is 0.615. The highest BCUT2D eigenvalue weighted by Crippen LogP contribution is 2.26. The maximum absolute atomic E-state index is 9.43. The fourth-order valence-electron chi connectivity index (χ4n) is 2.14. The van der Waals surface area contributed by atoms with Crippen LogP contribution in [0, 0.1) is 0 Å². The van der Waals surface area contributed by atoms with Gasteiger partial charge in [0, 0.05) is 6.54 Å². The number of anilines is 1. The lowest BCUT2D eigenvalue weighted by Crippen LogP contribution is -2.53. The number of aliphatic hydroxyl groups excluding tert-OH is 1. The van der Waals surface area contributed by atoms with Gasteiger partial charge in [0.2, 0.25) is 0 Å². The SMILES string of the molecule is C[C@@H](O)c1ccc(N2CCOCC2(C)C)cn1. The van der Waals surface area contributed by atoms with E-state index in [1.165, 1.54) is 0 Å². The Morgan fingerprint density at radius 1 is 1.47 bits per heavy atom. The Labute approximate surface area is 102 Å². The summed E-state index contributed by atoms with van der Waals surface area (Å²) < 4.78 is 5.50. The third-order valence-electron chi connectivity index (χ3n) is 3.16. The smallest absolute Gasteiger partial charge is 0.0931 e. The van der Waals surface area contributed by atoms with E-state index in [1.807, 2.05) is 18.3 Å². The van der Waals surface area contributed by atoms with E-state index >= 15 is 0 Å². The Bertz CT molecular complexity index is 374. The van der Waals surface area contributed by atoms with Crippen LogP contribution in [0.1, 0.15) is 32.6 Å². The summed E-state index contributed by atoms with van der Waals surface area (Å²) in [5.74, 6) is 0. The van der Waals surface area contributed by atoms with Crippen LogP contribution in [0.4, 0.5) is 5.69 Å². The summed E-state index contributed by atoms with van der Waals surface area (Å²) in [6.45, 7) is 8.40. The highest BCUT2D eigenvalue weighted by Gasteiger charge is 2.30. The van der Waals surface area contributed by atoms with E-state index in [0.717, 1.165) is 25.4 Å². The van der Waals surface area contributed by atoms with Crippen LogP contribution in [0.25, 0.3) is 0 Å². The van der Waals surface area contributed by atoms with Gasteiger partial charge in [0.25, 0.3) is 0 Å². The number of rotatable bonds is 2. The van der Waals surface area contributed by atoms with Crippen molar-refractivity contribution in [2.24, 2.45) is 0 Å². The zero-order valence-electron chi connectivity index (χ0n) is 10.7. The molecule has 0 aliphatic carbocycles. The molecule has 0 radical (unpaired) electrons. The van der Waals surface area contributed by atoms with Crippen molar-refractivity contribution in [1.82, 2.24) is 4.98 Å². The molecule has 0 bridgehead atoms. The topological polar surface area (TPSA) is 45.6 Å². The van der Waals surface area contributed by atoms with Crippen molar-refractivity contribution in [3.05, 3.63) is 24.0 Å². The molecule has 1 aliphatic rings. The highest BCUT2D eigenvalue weighted by atomic mass is 16.5. The van der Waals surface area contributed by atoms with Crippen molar-refractivity contribution in [2.45, 2.75) is 32.4 Å². The first-order valence-electron chi connectivity index (χ1n) is 6.00. The Morgan fingerprint density at radius 2 is 2.24 bits per heavy atom. The molecule has 94 valence electrons. The third-order valence-corrected chi connectivity index (χ3v) is 3.16. The predicted molar refractivity (Wildman–Crippen MR) is 67.1 cm³/mol. The average Bonchev–Trinajstić information content (AvgIpc) is 2.28. The Hall–Kier alpha value is -1.13. The van der Waals surface area contributed by atoms with Crippen LogP contribution in [0.5, 0.6) is 0 Å². The average molecular weight is 236 g/mol. The van der Waals surface area contributed by atoms with Crippen LogP contribution in [-0.2, 0) is 4.74 Å². The van der Waals surface area contributed by atoms with Crippen LogP contribution < -0.4 is 4.90 Å². The van der Waals surface area contributed by atoms with Gasteiger partial charge < -0.3 is 14.7 Å². The van der Waals surface area contributed by atoms with Crippen LogP contribution in [0.15, 0.2) is 18.3 Å². The number of morpholine rings is 1. The molecule has 1 saturated heterocycles. The summed E-state index contributed by atoms with van der Waals surface area (Å²) in [6, 6.07) is 3.90. The molecule has 4 nitrogen and oxygen atoms in total. The maximum Gasteiger partial charge on any atom is 0.0931 e. The highest BCUT2D eigenvalue weighted by molar-refractivity contribution is 5.47. The fourth-order valence-corrected chi connectivity index (χ4v) is 2.14. The van der Waals surface area contributed by atoms with E-state index in [9.17, 15) is 5.11 Å². The first kappa shape index (κ1) is 12.3. The molecule has 1 fully saturated rings. The van der Waals surface area contributed by atoms with Gasteiger partial charge in [0.05, 0.1) is 42.4 Å². The number of hydrogen-bond donors (Lipinski definition) is 1. The van der Waals surface area contributed by atoms with Crippen molar-refractivity contribution < 1.29 is 9.84 Å². The van der Waals surface area contributed by atoms with Crippen molar-refractivity contribution >= 4 is 5.69 Å². The molecule has 1 aromatic rings. The van der Waals surface area contributed by atoms with E-state index in [4.69, 9.17) is 4.74 Å². The zero-order valence-corrected chi connectivity index (χ0v) is 10.7. The lowest BCUT2D eigenvalue weighted by atomic mass is 10.0. The number of aromatic nitrogens is 1.